The maximum atomic E-state index is 12.8. The zero-order valence-electron chi connectivity index (χ0n) is 13.5. The fraction of sp³-hybridized carbons (Fsp3) is 0.263. The molecule has 4 rings (SSSR count). The van der Waals surface area contributed by atoms with E-state index in [0.29, 0.717) is 5.89 Å². The lowest BCUT2D eigenvalue weighted by atomic mass is 10.0. The molecule has 0 saturated carbocycles. The van der Waals surface area contributed by atoms with Crippen LogP contribution in [0.3, 0.4) is 0 Å². The first-order chi connectivity index (χ1) is 11.7. The van der Waals surface area contributed by atoms with E-state index in [9.17, 15) is 4.79 Å². The van der Waals surface area contributed by atoms with Gasteiger partial charge >= 0.3 is 0 Å². The molecule has 2 aromatic heterocycles. The summed E-state index contributed by atoms with van der Waals surface area (Å²) in [5.41, 5.74) is 3.01. The van der Waals surface area contributed by atoms with E-state index in [1.165, 1.54) is 5.56 Å². The second-order valence-corrected chi connectivity index (χ2v) is 6.90. The molecule has 0 radical (unpaired) electrons. The molecule has 0 bridgehead atoms. The highest BCUT2D eigenvalue weighted by atomic mass is 32.1. The zero-order valence-corrected chi connectivity index (χ0v) is 14.3. The third kappa shape index (κ3) is 2.76. The van der Waals surface area contributed by atoms with E-state index in [1.54, 1.807) is 11.3 Å². The predicted octanol–water partition coefficient (Wildman–Crippen LogP) is 4.23. The largest absolute Gasteiger partial charge is 0.440 e. The van der Waals surface area contributed by atoms with Gasteiger partial charge in [-0.2, -0.15) is 0 Å². The Morgan fingerprint density at radius 2 is 2.17 bits per heavy atom. The van der Waals surface area contributed by atoms with Gasteiger partial charge in [-0.3, -0.25) is 4.79 Å². The topological polar surface area (TPSA) is 46.3 Å². The van der Waals surface area contributed by atoms with E-state index in [-0.39, 0.29) is 12.3 Å². The summed E-state index contributed by atoms with van der Waals surface area (Å²) in [4.78, 5) is 20.2. The molecule has 1 aliphatic heterocycles. The van der Waals surface area contributed by atoms with Crippen LogP contribution in [0.15, 0.2) is 46.2 Å². The highest BCUT2D eigenvalue weighted by Crippen LogP contribution is 2.29. The number of para-hydroxylation sites is 1. The van der Waals surface area contributed by atoms with Crippen molar-refractivity contribution < 1.29 is 9.21 Å². The van der Waals surface area contributed by atoms with Crippen LogP contribution in [0.2, 0.25) is 0 Å². The van der Waals surface area contributed by atoms with Crippen LogP contribution < -0.4 is 4.90 Å². The van der Waals surface area contributed by atoms with Crippen LogP contribution in [0.1, 0.15) is 23.4 Å². The number of nitrogens with zero attached hydrogens (tertiary/aromatic N) is 2. The summed E-state index contributed by atoms with van der Waals surface area (Å²) >= 11 is 1.58. The van der Waals surface area contributed by atoms with Gasteiger partial charge in [0.15, 0.2) is 0 Å². The molecule has 0 atom stereocenters. The molecule has 3 aromatic rings. The van der Waals surface area contributed by atoms with Crippen molar-refractivity contribution in [2.75, 3.05) is 11.4 Å². The number of aryl methyl sites for hydroxylation is 2. The van der Waals surface area contributed by atoms with Gasteiger partial charge in [0, 0.05) is 12.2 Å². The molecule has 1 aromatic carbocycles. The average molecular weight is 338 g/mol. The van der Waals surface area contributed by atoms with E-state index in [2.05, 4.69) is 11.1 Å². The third-order valence-electron chi connectivity index (χ3n) is 4.35. The zero-order chi connectivity index (χ0) is 16.5. The van der Waals surface area contributed by atoms with Crippen molar-refractivity contribution in [2.45, 2.75) is 26.2 Å². The first-order valence-corrected chi connectivity index (χ1v) is 8.99. The Balaban J connectivity index is 1.57. The minimum absolute atomic E-state index is 0.0799. The summed E-state index contributed by atoms with van der Waals surface area (Å²) in [7, 11) is 0. The van der Waals surface area contributed by atoms with Crippen molar-refractivity contribution in [2.24, 2.45) is 0 Å². The smallest absolute Gasteiger partial charge is 0.236 e. The van der Waals surface area contributed by atoms with Gasteiger partial charge in [0.05, 0.1) is 17.0 Å². The number of benzene rings is 1. The second-order valence-electron chi connectivity index (χ2n) is 5.95. The molecule has 4 nitrogen and oxygen atoms in total. The predicted molar refractivity (Wildman–Crippen MR) is 95.4 cm³/mol. The highest BCUT2D eigenvalue weighted by Gasteiger charge is 2.24. The van der Waals surface area contributed by atoms with Crippen LogP contribution in [0, 0.1) is 6.92 Å². The van der Waals surface area contributed by atoms with Crippen LogP contribution in [0.25, 0.3) is 10.8 Å². The van der Waals surface area contributed by atoms with E-state index in [4.69, 9.17) is 4.42 Å². The lowest BCUT2D eigenvalue weighted by molar-refractivity contribution is -0.118. The molecule has 5 heteroatoms. The first kappa shape index (κ1) is 15.1. The number of hydrogen-bond acceptors (Lipinski definition) is 4. The van der Waals surface area contributed by atoms with Crippen molar-refractivity contribution in [1.29, 1.82) is 0 Å². The Morgan fingerprint density at radius 3 is 3.00 bits per heavy atom. The average Bonchev–Trinajstić information content (AvgIpc) is 3.25. The number of amides is 1. The number of anilines is 1. The van der Waals surface area contributed by atoms with Crippen molar-refractivity contribution >= 4 is 22.9 Å². The van der Waals surface area contributed by atoms with E-state index < -0.39 is 0 Å². The van der Waals surface area contributed by atoms with Gasteiger partial charge < -0.3 is 9.32 Å². The number of carbonyl (C=O) groups is 1. The van der Waals surface area contributed by atoms with Crippen molar-refractivity contribution in [1.82, 2.24) is 4.98 Å². The van der Waals surface area contributed by atoms with Gasteiger partial charge in [0.1, 0.15) is 5.76 Å². The van der Waals surface area contributed by atoms with Crippen LogP contribution in [0.5, 0.6) is 0 Å². The standard InChI is InChI=1S/C19H18N2O2S/c1-13-15(20-19(23-13)17-9-5-11-24-17)12-18(22)21-10-4-7-14-6-2-3-8-16(14)21/h2-3,5-6,8-9,11H,4,7,10,12H2,1H3. The number of oxazole rings is 1. The summed E-state index contributed by atoms with van der Waals surface area (Å²) in [6.07, 6.45) is 2.31. The van der Waals surface area contributed by atoms with Gasteiger partial charge in [0.2, 0.25) is 11.8 Å². The fourth-order valence-corrected chi connectivity index (χ4v) is 3.78. The molecule has 0 spiro atoms. The molecule has 0 N–H and O–H groups in total. The number of hydrogen-bond donors (Lipinski definition) is 0. The molecule has 0 fully saturated rings. The maximum absolute atomic E-state index is 12.8. The van der Waals surface area contributed by atoms with Gasteiger partial charge in [-0.15, -0.1) is 11.3 Å². The minimum Gasteiger partial charge on any atom is -0.440 e. The Morgan fingerprint density at radius 1 is 1.29 bits per heavy atom. The van der Waals surface area contributed by atoms with Crippen LogP contribution in [-0.4, -0.2) is 17.4 Å². The summed E-state index contributed by atoms with van der Waals surface area (Å²) in [6.45, 7) is 2.64. The lowest BCUT2D eigenvalue weighted by Gasteiger charge is -2.29. The molecule has 0 aliphatic carbocycles. The monoisotopic (exact) mass is 338 g/mol. The van der Waals surface area contributed by atoms with E-state index in [0.717, 1.165) is 41.4 Å². The first-order valence-electron chi connectivity index (χ1n) is 8.11. The molecular weight excluding hydrogens is 320 g/mol. The lowest BCUT2D eigenvalue weighted by Crippen LogP contribution is -2.36. The molecule has 122 valence electrons. The molecule has 3 heterocycles. The van der Waals surface area contributed by atoms with Gasteiger partial charge in [-0.25, -0.2) is 4.98 Å². The van der Waals surface area contributed by atoms with Crippen LogP contribution >= 0.6 is 11.3 Å². The molecule has 1 amide bonds. The van der Waals surface area contributed by atoms with Gasteiger partial charge in [-0.05, 0) is 42.8 Å². The van der Waals surface area contributed by atoms with Crippen molar-refractivity contribution in [3.05, 3.63) is 58.8 Å². The Kier molecular flexibility index (Phi) is 3.94. The number of aromatic nitrogens is 1. The Hall–Kier alpha value is -2.40. The fourth-order valence-electron chi connectivity index (χ4n) is 3.13. The molecule has 1 aliphatic rings. The Labute approximate surface area is 144 Å². The summed E-state index contributed by atoms with van der Waals surface area (Å²) < 4.78 is 5.75. The third-order valence-corrected chi connectivity index (χ3v) is 5.21. The van der Waals surface area contributed by atoms with Crippen LogP contribution in [-0.2, 0) is 17.6 Å². The SMILES string of the molecule is Cc1oc(-c2cccs2)nc1CC(=O)N1CCCc2ccccc21. The number of rotatable bonds is 3. The number of thiophene rings is 1. The van der Waals surface area contributed by atoms with E-state index in [1.807, 2.05) is 47.5 Å². The number of carbonyl (C=O) groups excluding carboxylic acids is 1. The van der Waals surface area contributed by atoms with Crippen molar-refractivity contribution in [3.8, 4) is 10.8 Å². The summed E-state index contributed by atoms with van der Waals surface area (Å²) in [6, 6.07) is 12.1. The van der Waals surface area contributed by atoms with Gasteiger partial charge in [-0.1, -0.05) is 24.3 Å². The molecule has 0 saturated heterocycles. The normalized spacial score (nSPS) is 13.8. The van der Waals surface area contributed by atoms with Crippen LogP contribution in [0.4, 0.5) is 5.69 Å². The quantitative estimate of drug-likeness (QED) is 0.718. The number of fused-ring (bicyclic) bond motifs is 1. The van der Waals surface area contributed by atoms with E-state index >= 15 is 0 Å². The molecule has 24 heavy (non-hydrogen) atoms. The summed E-state index contributed by atoms with van der Waals surface area (Å²) in [5.74, 6) is 1.40. The second kappa shape index (κ2) is 6.24. The summed E-state index contributed by atoms with van der Waals surface area (Å²) in [5, 5.41) is 1.99. The van der Waals surface area contributed by atoms with Gasteiger partial charge in [0.25, 0.3) is 0 Å². The molecule has 0 unspecified atom stereocenters. The van der Waals surface area contributed by atoms with Crippen molar-refractivity contribution in [3.63, 3.8) is 0 Å². The minimum atomic E-state index is 0.0799. The molecular formula is C19H18N2O2S. The highest BCUT2D eigenvalue weighted by molar-refractivity contribution is 7.13. The maximum Gasteiger partial charge on any atom is 0.236 e. The Bertz CT molecular complexity index is 867.